The van der Waals surface area contributed by atoms with Crippen molar-refractivity contribution in [2.24, 2.45) is 5.92 Å². The van der Waals surface area contributed by atoms with Crippen molar-refractivity contribution in [1.29, 1.82) is 0 Å². The molecule has 0 spiro atoms. The number of aliphatic hydroxyl groups is 2. The Morgan fingerprint density at radius 1 is 1.18 bits per heavy atom. The fraction of sp³-hybridized carbons (Fsp3) is 0.923. The van der Waals surface area contributed by atoms with Crippen LogP contribution in [0.25, 0.3) is 0 Å². The first kappa shape index (κ1) is 16.4. The van der Waals surface area contributed by atoms with Crippen molar-refractivity contribution in [2.45, 2.75) is 58.5 Å². The summed E-state index contributed by atoms with van der Waals surface area (Å²) in [6.07, 6.45) is 5.07. The molecular formula is C13H26O4. The summed E-state index contributed by atoms with van der Waals surface area (Å²) in [6, 6.07) is 0. The number of carbonyl (C=O) groups excluding carboxylic acids is 1. The summed E-state index contributed by atoms with van der Waals surface area (Å²) in [5.74, 6) is -0.980. The van der Waals surface area contributed by atoms with Gasteiger partial charge < -0.3 is 14.9 Å². The highest BCUT2D eigenvalue weighted by Crippen LogP contribution is 2.17. The molecular weight excluding hydrogens is 220 g/mol. The van der Waals surface area contributed by atoms with Gasteiger partial charge in [0.05, 0.1) is 25.2 Å². The third-order valence-corrected chi connectivity index (χ3v) is 2.86. The average Bonchev–Trinajstić information content (AvgIpc) is 2.33. The van der Waals surface area contributed by atoms with Crippen molar-refractivity contribution in [3.05, 3.63) is 0 Å². The number of hydrogen-bond acceptors (Lipinski definition) is 4. The van der Waals surface area contributed by atoms with Crippen LogP contribution in [0.3, 0.4) is 0 Å². The number of hydrogen-bond donors (Lipinski definition) is 2. The predicted octanol–water partition coefficient (Wildman–Crippen LogP) is 1.88. The van der Waals surface area contributed by atoms with E-state index in [0.717, 1.165) is 19.3 Å². The highest BCUT2D eigenvalue weighted by molar-refractivity contribution is 5.73. The maximum Gasteiger partial charge on any atom is 0.311 e. The van der Waals surface area contributed by atoms with Crippen molar-refractivity contribution in [3.8, 4) is 0 Å². The predicted molar refractivity (Wildman–Crippen MR) is 66.6 cm³/mol. The third-order valence-electron chi connectivity index (χ3n) is 2.86. The zero-order valence-corrected chi connectivity index (χ0v) is 11.0. The lowest BCUT2D eigenvalue weighted by Gasteiger charge is -2.19. The number of unbranched alkanes of at least 4 members (excludes halogenated alkanes) is 4. The lowest BCUT2D eigenvalue weighted by atomic mass is 9.95. The smallest absolute Gasteiger partial charge is 0.311 e. The van der Waals surface area contributed by atoms with E-state index in [1.54, 1.807) is 6.92 Å². The molecule has 0 saturated carbocycles. The molecule has 0 aliphatic rings. The molecule has 0 unspecified atom stereocenters. The fourth-order valence-electron chi connectivity index (χ4n) is 1.81. The Morgan fingerprint density at radius 2 is 1.82 bits per heavy atom. The standard InChI is InChI=1S/C13H26O4/c1-3-5-6-7-8-9-11(12(15)10-14)13(16)17-4-2/h11-12,14-15H,3-10H2,1-2H3/t11-,12-/m1/s1. The number of ether oxygens (including phenoxy) is 1. The third kappa shape index (κ3) is 7.34. The number of carbonyl (C=O) groups is 1. The van der Waals surface area contributed by atoms with Crippen LogP contribution in [0.4, 0.5) is 0 Å². The molecule has 2 N–H and O–H groups in total. The van der Waals surface area contributed by atoms with Crippen molar-refractivity contribution >= 4 is 5.97 Å². The van der Waals surface area contributed by atoms with E-state index < -0.39 is 24.6 Å². The minimum Gasteiger partial charge on any atom is -0.466 e. The Balaban J connectivity index is 3.98. The van der Waals surface area contributed by atoms with Crippen molar-refractivity contribution < 1.29 is 19.7 Å². The van der Waals surface area contributed by atoms with Gasteiger partial charge in [-0.3, -0.25) is 4.79 Å². The van der Waals surface area contributed by atoms with Gasteiger partial charge in [-0.2, -0.15) is 0 Å². The van der Waals surface area contributed by atoms with Crippen LogP contribution in [0.5, 0.6) is 0 Å². The van der Waals surface area contributed by atoms with Crippen LogP contribution in [0.15, 0.2) is 0 Å². The molecule has 0 radical (unpaired) electrons. The molecule has 2 atom stereocenters. The van der Waals surface area contributed by atoms with E-state index in [4.69, 9.17) is 9.84 Å². The van der Waals surface area contributed by atoms with Gasteiger partial charge in [-0.25, -0.2) is 0 Å². The zero-order chi connectivity index (χ0) is 13.1. The maximum absolute atomic E-state index is 11.6. The quantitative estimate of drug-likeness (QED) is 0.456. The maximum atomic E-state index is 11.6. The summed E-state index contributed by atoms with van der Waals surface area (Å²) < 4.78 is 4.90. The van der Waals surface area contributed by atoms with Gasteiger partial charge in [0.2, 0.25) is 0 Å². The molecule has 0 aromatic carbocycles. The second-order valence-corrected chi connectivity index (χ2v) is 4.31. The molecule has 0 amide bonds. The van der Waals surface area contributed by atoms with Crippen molar-refractivity contribution in [3.63, 3.8) is 0 Å². The van der Waals surface area contributed by atoms with Gasteiger partial charge in [-0.05, 0) is 13.3 Å². The molecule has 17 heavy (non-hydrogen) atoms. The molecule has 0 bridgehead atoms. The van der Waals surface area contributed by atoms with Gasteiger partial charge >= 0.3 is 5.97 Å². The molecule has 0 aliphatic carbocycles. The Bertz CT molecular complexity index is 194. The summed E-state index contributed by atoms with van der Waals surface area (Å²) in [7, 11) is 0. The Morgan fingerprint density at radius 3 is 2.35 bits per heavy atom. The van der Waals surface area contributed by atoms with Crippen LogP contribution in [-0.4, -0.2) is 35.5 Å². The summed E-state index contributed by atoms with van der Waals surface area (Å²) in [5, 5.41) is 18.5. The monoisotopic (exact) mass is 246 g/mol. The summed E-state index contributed by atoms with van der Waals surface area (Å²) in [5.41, 5.74) is 0. The first-order valence-corrected chi connectivity index (χ1v) is 6.62. The first-order valence-electron chi connectivity index (χ1n) is 6.62. The van der Waals surface area contributed by atoms with E-state index in [1.807, 2.05) is 0 Å². The minimum atomic E-state index is -1.000. The van der Waals surface area contributed by atoms with Gasteiger partial charge in [-0.1, -0.05) is 39.0 Å². The van der Waals surface area contributed by atoms with Crippen LogP contribution in [0.2, 0.25) is 0 Å². The van der Waals surface area contributed by atoms with Gasteiger partial charge in [0.15, 0.2) is 0 Å². The molecule has 4 heteroatoms. The normalized spacial score (nSPS) is 14.4. The van der Waals surface area contributed by atoms with Crippen LogP contribution < -0.4 is 0 Å². The van der Waals surface area contributed by atoms with Gasteiger partial charge in [0.25, 0.3) is 0 Å². The largest absolute Gasteiger partial charge is 0.466 e. The van der Waals surface area contributed by atoms with Crippen LogP contribution >= 0.6 is 0 Å². The Kier molecular flexibility index (Phi) is 10.2. The van der Waals surface area contributed by atoms with Crippen molar-refractivity contribution in [1.82, 2.24) is 0 Å². The lowest BCUT2D eigenvalue weighted by molar-refractivity contribution is -0.153. The first-order chi connectivity index (χ1) is 8.17. The van der Waals surface area contributed by atoms with E-state index >= 15 is 0 Å². The molecule has 4 nitrogen and oxygen atoms in total. The summed E-state index contributed by atoms with van der Waals surface area (Å²) in [6.45, 7) is 3.81. The molecule has 0 aromatic rings. The topological polar surface area (TPSA) is 66.8 Å². The number of esters is 1. The molecule has 102 valence electrons. The molecule has 0 aromatic heterocycles. The van der Waals surface area contributed by atoms with E-state index in [-0.39, 0.29) is 0 Å². The molecule has 0 saturated heterocycles. The van der Waals surface area contributed by atoms with Crippen LogP contribution in [-0.2, 0) is 9.53 Å². The van der Waals surface area contributed by atoms with E-state index in [9.17, 15) is 9.90 Å². The average molecular weight is 246 g/mol. The van der Waals surface area contributed by atoms with E-state index in [1.165, 1.54) is 12.8 Å². The molecule has 0 heterocycles. The lowest BCUT2D eigenvalue weighted by Crippen LogP contribution is -2.32. The summed E-state index contributed by atoms with van der Waals surface area (Å²) in [4.78, 5) is 11.6. The minimum absolute atomic E-state index is 0.309. The van der Waals surface area contributed by atoms with Crippen molar-refractivity contribution in [2.75, 3.05) is 13.2 Å². The Labute approximate surface area is 104 Å². The summed E-state index contributed by atoms with van der Waals surface area (Å²) >= 11 is 0. The zero-order valence-electron chi connectivity index (χ0n) is 11.0. The fourth-order valence-corrected chi connectivity index (χ4v) is 1.81. The van der Waals surface area contributed by atoms with Crippen LogP contribution in [0.1, 0.15) is 52.4 Å². The SMILES string of the molecule is CCCCCCC[C@@H](C(=O)OCC)[C@H](O)CO. The van der Waals surface area contributed by atoms with E-state index in [0.29, 0.717) is 13.0 Å². The van der Waals surface area contributed by atoms with Gasteiger partial charge in [-0.15, -0.1) is 0 Å². The van der Waals surface area contributed by atoms with Gasteiger partial charge in [0.1, 0.15) is 0 Å². The molecule has 0 aliphatic heterocycles. The molecule has 0 fully saturated rings. The second-order valence-electron chi connectivity index (χ2n) is 4.31. The second kappa shape index (κ2) is 10.5. The van der Waals surface area contributed by atoms with Gasteiger partial charge in [0, 0.05) is 0 Å². The van der Waals surface area contributed by atoms with Crippen LogP contribution in [0, 0.1) is 5.92 Å². The highest BCUT2D eigenvalue weighted by atomic mass is 16.5. The Hall–Kier alpha value is -0.610. The molecule has 0 rings (SSSR count). The number of aliphatic hydroxyl groups excluding tert-OH is 2. The highest BCUT2D eigenvalue weighted by Gasteiger charge is 2.26. The number of rotatable bonds is 10. The van der Waals surface area contributed by atoms with E-state index in [2.05, 4.69) is 6.92 Å².